The first-order valence-corrected chi connectivity index (χ1v) is 1.34. The Morgan fingerprint density at radius 3 is 0.333 bits per heavy atom. The maximum Gasteiger partial charge on any atom is 6.00 e. The molecular formula is C6Ca2FeN6+4. The van der Waals surface area contributed by atoms with Crippen molar-refractivity contribution >= 4 is 75.5 Å². The molecule has 9 heteroatoms. The molecule has 0 aromatic heterocycles. The predicted molar refractivity (Wildman–Crippen MR) is 41.3 cm³/mol. The molecule has 0 rings (SSSR count). The first-order chi connectivity index (χ1) is 6.00. The van der Waals surface area contributed by atoms with Crippen LogP contribution >= 0.6 is 0 Å². The van der Waals surface area contributed by atoms with E-state index in [1.54, 1.807) is 0 Å². The summed E-state index contributed by atoms with van der Waals surface area (Å²) < 4.78 is 0. The van der Waals surface area contributed by atoms with E-state index < -0.39 is 0 Å². The smallest absolute Gasteiger partial charge is 0.512 e. The zero-order chi connectivity index (χ0) is 12.0. The topological polar surface area (TPSA) is 143 Å². The molecule has 0 amide bonds. The Morgan fingerprint density at radius 1 is 0.333 bits per heavy atom. The minimum Gasteiger partial charge on any atom is -0.512 e. The molecule has 6 nitrogen and oxygen atoms in total. The van der Waals surface area contributed by atoms with Crippen LogP contribution in [-0.2, 0) is 17.1 Å². The molecule has 0 aliphatic carbocycles. The van der Waals surface area contributed by atoms with Gasteiger partial charge in [0.25, 0.3) is 0 Å². The van der Waals surface area contributed by atoms with Crippen LogP contribution in [0.25, 0.3) is 0 Å². The van der Waals surface area contributed by atoms with Crippen molar-refractivity contribution in [3.05, 3.63) is 39.4 Å². The normalized spacial score (nSPS) is 0.800. The first kappa shape index (κ1) is 81.9. The Morgan fingerprint density at radius 2 is 0.333 bits per heavy atom. The van der Waals surface area contributed by atoms with Gasteiger partial charge in [-0.05, 0) is 0 Å². The Hall–Kier alpha value is -0.0210. The third kappa shape index (κ3) is 4530000. The van der Waals surface area contributed by atoms with E-state index >= 15 is 0 Å². The van der Waals surface area contributed by atoms with Gasteiger partial charge in [0.2, 0.25) is 0 Å². The second kappa shape index (κ2) is 5320000. The van der Waals surface area contributed by atoms with Crippen LogP contribution in [0.1, 0.15) is 0 Å². The van der Waals surface area contributed by atoms with Crippen molar-refractivity contribution in [2.24, 2.45) is 0 Å². The molecule has 0 unspecified atom stereocenters. The summed E-state index contributed by atoms with van der Waals surface area (Å²) in [6, 6.07) is 0. The summed E-state index contributed by atoms with van der Waals surface area (Å²) in [6.45, 7) is 28.5. The largest absolute Gasteiger partial charge is 6.00 e. The average Bonchev–Trinajstić information content (AvgIpc) is 2.33. The van der Waals surface area contributed by atoms with E-state index in [9.17, 15) is 0 Å². The second-order valence-corrected chi connectivity index (χ2v) is 0. The van der Waals surface area contributed by atoms with Crippen molar-refractivity contribution in [2.75, 3.05) is 0 Å². The molecule has 0 heterocycles. The Kier molecular flexibility index (Phi) is 29000000. The van der Waals surface area contributed by atoms with Crippen molar-refractivity contribution in [3.63, 3.8) is 0 Å². The van der Waals surface area contributed by atoms with Gasteiger partial charge in [-0.2, -0.15) is 0 Å². The van der Waals surface area contributed by atoms with Crippen LogP contribution in [0.4, 0.5) is 0 Å². The second-order valence-electron chi connectivity index (χ2n) is 0. The molecule has 15 heavy (non-hydrogen) atoms. The molecule has 0 bridgehead atoms. The molecule has 0 spiro atoms. The number of hydrogen-bond acceptors (Lipinski definition) is 6. The molecular weight excluding hydrogens is 292 g/mol. The van der Waals surface area contributed by atoms with Crippen molar-refractivity contribution in [1.29, 1.82) is 31.6 Å². The summed E-state index contributed by atoms with van der Waals surface area (Å²) in [6.07, 6.45) is 0. The van der Waals surface area contributed by atoms with Crippen molar-refractivity contribution in [2.45, 2.75) is 0 Å². The fraction of sp³-hybridized carbons (Fsp3) is 0. The van der Waals surface area contributed by atoms with E-state index in [1.165, 1.54) is 0 Å². The van der Waals surface area contributed by atoms with Crippen LogP contribution < -0.4 is 0 Å². The zero-order valence-corrected chi connectivity index (χ0v) is 13.0. The molecule has 0 saturated carbocycles. The molecule has 0 N–H and O–H groups in total. The zero-order valence-electron chi connectivity index (χ0n) is 7.45. The van der Waals surface area contributed by atoms with Gasteiger partial charge in [-0.25, -0.2) is 0 Å². The van der Waals surface area contributed by atoms with Gasteiger partial charge in [-0.15, -0.1) is 0 Å². The van der Waals surface area contributed by atoms with Crippen LogP contribution in [0.15, 0.2) is 0 Å². The summed E-state index contributed by atoms with van der Waals surface area (Å²) in [7, 11) is 0. The quantitative estimate of drug-likeness (QED) is 0.447. The predicted octanol–water partition coefficient (Wildman–Crippen LogP) is -0.186. The molecule has 62 valence electrons. The van der Waals surface area contributed by atoms with Gasteiger partial charge in [-0.3, -0.25) is 0 Å². The first-order valence-electron chi connectivity index (χ1n) is 1.34. The third-order valence-electron chi connectivity index (χ3n) is 0. The minimum atomic E-state index is 0. The van der Waals surface area contributed by atoms with Gasteiger partial charge in [0.05, 0.1) is 0 Å². The maximum absolute atomic E-state index is 6.25. The standard InChI is InChI=1S/6CN.2Ca.Fe/c6*1-2;;;/q6*-1;2*+2;+6. The SMILES string of the molecule is [C-]#N.[C-]#N.[C-]#N.[C-]#N.[C-]#N.[C-]#N.[Ca+2].[Ca+2].[Fe+6]. The number of rotatable bonds is 0. The third-order valence-corrected chi connectivity index (χ3v) is 0. The molecule has 0 aromatic carbocycles. The molecule has 0 aliphatic rings. The monoisotopic (exact) mass is 292 g/mol. The number of nitrogens with zero attached hydrogens (tertiary/aromatic N) is 6. The Balaban J connectivity index is -0.00000000396. The van der Waals surface area contributed by atoms with E-state index in [1.807, 2.05) is 0 Å². The van der Waals surface area contributed by atoms with Gasteiger partial charge in [0.15, 0.2) is 0 Å². The van der Waals surface area contributed by atoms with Gasteiger partial charge < -0.3 is 71.0 Å². The molecule has 0 aromatic rings. The molecule has 0 aliphatic heterocycles. The van der Waals surface area contributed by atoms with E-state index in [0.29, 0.717) is 0 Å². The van der Waals surface area contributed by atoms with E-state index in [4.69, 9.17) is 71.0 Å². The molecule has 0 fully saturated rings. The molecule has 0 saturated heterocycles. The van der Waals surface area contributed by atoms with Crippen LogP contribution in [-0.4, -0.2) is 75.5 Å². The van der Waals surface area contributed by atoms with Crippen LogP contribution in [0.2, 0.25) is 0 Å². The minimum absolute atomic E-state index is 0. The van der Waals surface area contributed by atoms with Crippen molar-refractivity contribution in [3.8, 4) is 0 Å². The average molecular weight is 292 g/mol. The Labute approximate surface area is 161 Å². The Bertz CT molecular complexity index is 101. The van der Waals surface area contributed by atoms with Gasteiger partial charge in [0, 0.05) is 0 Å². The molecule has 0 radical (unpaired) electrons. The fourth-order valence-corrected chi connectivity index (χ4v) is 0. The summed E-state index contributed by atoms with van der Waals surface area (Å²) in [5, 5.41) is 37.5. The summed E-state index contributed by atoms with van der Waals surface area (Å²) in [5.41, 5.74) is 0. The van der Waals surface area contributed by atoms with Gasteiger partial charge >= 0.3 is 92.5 Å². The van der Waals surface area contributed by atoms with Crippen LogP contribution in [0.5, 0.6) is 0 Å². The fourth-order valence-electron chi connectivity index (χ4n) is 0. The summed E-state index contributed by atoms with van der Waals surface area (Å²) in [4.78, 5) is 0. The van der Waals surface area contributed by atoms with E-state index in [0.717, 1.165) is 0 Å². The van der Waals surface area contributed by atoms with Crippen LogP contribution in [0.3, 0.4) is 0 Å². The maximum atomic E-state index is 6.25. The van der Waals surface area contributed by atoms with E-state index in [-0.39, 0.29) is 92.5 Å². The molecule has 0 atom stereocenters. The van der Waals surface area contributed by atoms with Crippen LogP contribution in [0, 0.1) is 71.0 Å². The number of hydrogen-bond donors (Lipinski definition) is 0. The van der Waals surface area contributed by atoms with Crippen molar-refractivity contribution < 1.29 is 17.1 Å². The van der Waals surface area contributed by atoms with E-state index in [2.05, 4.69) is 0 Å². The van der Waals surface area contributed by atoms with Gasteiger partial charge in [-0.1, -0.05) is 0 Å². The van der Waals surface area contributed by atoms with Crippen molar-refractivity contribution in [1.82, 2.24) is 0 Å². The summed E-state index contributed by atoms with van der Waals surface area (Å²) >= 11 is 0. The summed E-state index contributed by atoms with van der Waals surface area (Å²) in [5.74, 6) is 0. The van der Waals surface area contributed by atoms with Gasteiger partial charge in [0.1, 0.15) is 0 Å².